The molecular weight excluding hydrogens is 421 g/mol. The fraction of sp³-hybridized carbons (Fsp3) is 0.586. The van der Waals surface area contributed by atoms with Crippen molar-refractivity contribution in [1.82, 2.24) is 0 Å². The molecule has 0 unspecified atom stereocenters. The molecule has 0 saturated heterocycles. The van der Waals surface area contributed by atoms with E-state index in [2.05, 4.69) is 13.8 Å². The first-order valence-electron chi connectivity index (χ1n) is 12.8. The molecule has 180 valence electrons. The number of hydrogen-bond donors (Lipinski definition) is 0. The average Bonchev–Trinajstić information content (AvgIpc) is 2.79. The van der Waals surface area contributed by atoms with E-state index >= 15 is 0 Å². The number of aryl methyl sites for hydroxylation is 1. The molecule has 2 aliphatic carbocycles. The van der Waals surface area contributed by atoms with Crippen molar-refractivity contribution in [1.29, 1.82) is 0 Å². The topological polar surface area (TPSA) is 9.23 Å². The van der Waals surface area contributed by atoms with E-state index in [-0.39, 0.29) is 5.75 Å². The maximum absolute atomic E-state index is 14.8. The van der Waals surface area contributed by atoms with E-state index in [4.69, 9.17) is 4.74 Å². The Morgan fingerprint density at radius 1 is 0.818 bits per heavy atom. The van der Waals surface area contributed by atoms with Crippen LogP contribution >= 0.6 is 0 Å². The smallest absolute Gasteiger partial charge is 0.429 e. The molecule has 0 atom stereocenters. The molecule has 2 aromatic carbocycles. The van der Waals surface area contributed by atoms with E-state index in [1.54, 1.807) is 18.2 Å². The summed E-state index contributed by atoms with van der Waals surface area (Å²) in [6.07, 6.45) is 7.61. The van der Waals surface area contributed by atoms with Gasteiger partial charge in [0.05, 0.1) is 5.56 Å². The van der Waals surface area contributed by atoms with Crippen molar-refractivity contribution in [2.45, 2.75) is 90.1 Å². The quantitative estimate of drug-likeness (QED) is 0.402. The first-order valence-corrected chi connectivity index (χ1v) is 12.8. The maximum atomic E-state index is 14.8. The number of halogens is 3. The summed E-state index contributed by atoms with van der Waals surface area (Å²) in [6, 6.07) is 11.0. The lowest BCUT2D eigenvalue weighted by Crippen LogP contribution is -2.23. The van der Waals surface area contributed by atoms with E-state index in [1.807, 2.05) is 12.1 Å². The minimum Gasteiger partial charge on any atom is -0.429 e. The van der Waals surface area contributed by atoms with Gasteiger partial charge in [-0.2, -0.15) is 8.78 Å². The van der Waals surface area contributed by atoms with Crippen LogP contribution in [0, 0.1) is 23.6 Å². The van der Waals surface area contributed by atoms with Crippen molar-refractivity contribution in [2.24, 2.45) is 17.8 Å². The van der Waals surface area contributed by atoms with Gasteiger partial charge in [-0.25, -0.2) is 4.39 Å². The predicted molar refractivity (Wildman–Crippen MR) is 127 cm³/mol. The summed E-state index contributed by atoms with van der Waals surface area (Å²) in [5.74, 6) is 1.87. The van der Waals surface area contributed by atoms with Gasteiger partial charge in [0.25, 0.3) is 0 Å². The van der Waals surface area contributed by atoms with Crippen molar-refractivity contribution in [3.05, 3.63) is 65.0 Å². The highest BCUT2D eigenvalue weighted by Gasteiger charge is 2.37. The molecule has 33 heavy (non-hydrogen) atoms. The summed E-state index contributed by atoms with van der Waals surface area (Å²) in [5, 5.41) is 0. The third-order valence-corrected chi connectivity index (χ3v) is 7.94. The zero-order chi connectivity index (χ0) is 23.4. The number of ether oxygens (including phenoxy) is 1. The van der Waals surface area contributed by atoms with Crippen molar-refractivity contribution in [3.63, 3.8) is 0 Å². The SMILES string of the molecule is CC1CCC(CCc2ccc(C(F)(F)Oc3ccc(C4CCC(C)CC4)cc3)c(F)c2)CC1. The van der Waals surface area contributed by atoms with Crippen LogP contribution in [-0.2, 0) is 12.5 Å². The summed E-state index contributed by atoms with van der Waals surface area (Å²) in [4.78, 5) is 0. The molecule has 0 amide bonds. The van der Waals surface area contributed by atoms with Gasteiger partial charge in [0.2, 0.25) is 0 Å². The third-order valence-electron chi connectivity index (χ3n) is 7.94. The van der Waals surface area contributed by atoms with Crippen LogP contribution in [0.1, 0.15) is 94.2 Å². The van der Waals surface area contributed by atoms with Crippen LogP contribution in [0.5, 0.6) is 5.75 Å². The Morgan fingerprint density at radius 3 is 2.03 bits per heavy atom. The number of alkyl halides is 2. The van der Waals surface area contributed by atoms with Crippen LogP contribution in [0.3, 0.4) is 0 Å². The Balaban J connectivity index is 1.35. The molecule has 4 rings (SSSR count). The van der Waals surface area contributed by atoms with Gasteiger partial charge in [0.1, 0.15) is 11.6 Å². The zero-order valence-electron chi connectivity index (χ0n) is 20.0. The van der Waals surface area contributed by atoms with Crippen LogP contribution in [0.25, 0.3) is 0 Å². The van der Waals surface area contributed by atoms with E-state index in [0.717, 1.165) is 43.1 Å². The first-order chi connectivity index (χ1) is 15.8. The summed E-state index contributed by atoms with van der Waals surface area (Å²) < 4.78 is 49.2. The molecule has 4 heteroatoms. The fourth-order valence-electron chi connectivity index (χ4n) is 5.54. The molecule has 2 aromatic rings. The predicted octanol–water partition coefficient (Wildman–Crippen LogP) is 9.01. The second-order valence-electron chi connectivity index (χ2n) is 10.6. The minimum atomic E-state index is -3.72. The lowest BCUT2D eigenvalue weighted by Gasteiger charge is -2.26. The van der Waals surface area contributed by atoms with Crippen molar-refractivity contribution < 1.29 is 17.9 Å². The average molecular weight is 459 g/mol. The van der Waals surface area contributed by atoms with Gasteiger partial charge < -0.3 is 4.74 Å². The molecule has 0 N–H and O–H groups in total. The molecule has 0 aromatic heterocycles. The second-order valence-corrected chi connectivity index (χ2v) is 10.6. The largest absolute Gasteiger partial charge is 0.429 e. The van der Waals surface area contributed by atoms with Gasteiger partial charge in [-0.3, -0.25) is 0 Å². The second kappa shape index (κ2) is 10.5. The molecule has 2 aliphatic rings. The summed E-state index contributed by atoms with van der Waals surface area (Å²) in [5.41, 5.74) is 1.24. The van der Waals surface area contributed by atoms with Crippen LogP contribution in [0.4, 0.5) is 13.2 Å². The van der Waals surface area contributed by atoms with Crippen LogP contribution in [0.2, 0.25) is 0 Å². The Labute approximate surface area is 196 Å². The van der Waals surface area contributed by atoms with Crippen molar-refractivity contribution in [2.75, 3.05) is 0 Å². The maximum Gasteiger partial charge on any atom is 0.429 e. The summed E-state index contributed by atoms with van der Waals surface area (Å²) >= 11 is 0. The van der Waals surface area contributed by atoms with Gasteiger partial charge in [0.15, 0.2) is 0 Å². The highest BCUT2D eigenvalue weighted by atomic mass is 19.3. The molecule has 2 fully saturated rings. The Morgan fingerprint density at radius 2 is 1.42 bits per heavy atom. The third kappa shape index (κ3) is 6.33. The Bertz CT molecular complexity index is 892. The minimum absolute atomic E-state index is 0.0583. The normalized spacial score (nSPS) is 26.2. The highest BCUT2D eigenvalue weighted by Crippen LogP contribution is 2.38. The molecule has 0 radical (unpaired) electrons. The van der Waals surface area contributed by atoms with E-state index < -0.39 is 17.5 Å². The highest BCUT2D eigenvalue weighted by molar-refractivity contribution is 5.32. The van der Waals surface area contributed by atoms with Gasteiger partial charge in [-0.1, -0.05) is 70.6 Å². The van der Waals surface area contributed by atoms with Crippen LogP contribution in [-0.4, -0.2) is 0 Å². The van der Waals surface area contributed by atoms with Gasteiger partial charge in [-0.05, 0) is 84.7 Å². The number of hydrogen-bond acceptors (Lipinski definition) is 1. The standard InChI is InChI=1S/C29H37F3O/c1-20-3-7-22(8-4-20)9-10-23-11-18-27(28(30)19-23)29(31,32)33-26-16-14-25(15-17-26)24-12-5-21(2)6-13-24/h11,14-22,24H,3-10,12-13H2,1-2H3. The Kier molecular flexibility index (Phi) is 7.71. The van der Waals surface area contributed by atoms with Gasteiger partial charge in [0, 0.05) is 0 Å². The fourth-order valence-corrected chi connectivity index (χ4v) is 5.54. The lowest BCUT2D eigenvalue weighted by molar-refractivity contribution is -0.187. The van der Waals surface area contributed by atoms with Gasteiger partial charge in [-0.15, -0.1) is 0 Å². The summed E-state index contributed by atoms with van der Waals surface area (Å²) in [6.45, 7) is 4.57. The molecule has 2 saturated carbocycles. The lowest BCUT2D eigenvalue weighted by atomic mass is 9.79. The Hall–Kier alpha value is -1.97. The molecular formula is C29H37F3O. The van der Waals surface area contributed by atoms with Crippen molar-refractivity contribution >= 4 is 0 Å². The van der Waals surface area contributed by atoms with E-state index in [1.165, 1.54) is 56.2 Å². The van der Waals surface area contributed by atoms with Gasteiger partial charge >= 0.3 is 6.11 Å². The first kappa shape index (κ1) is 24.2. The number of benzene rings is 2. The van der Waals surface area contributed by atoms with Crippen LogP contribution in [0.15, 0.2) is 42.5 Å². The molecule has 0 heterocycles. The van der Waals surface area contributed by atoms with Crippen LogP contribution < -0.4 is 4.74 Å². The molecule has 1 nitrogen and oxygen atoms in total. The van der Waals surface area contributed by atoms with E-state index in [9.17, 15) is 13.2 Å². The summed E-state index contributed by atoms with van der Waals surface area (Å²) in [7, 11) is 0. The molecule has 0 spiro atoms. The zero-order valence-corrected chi connectivity index (χ0v) is 20.0. The molecule has 0 aliphatic heterocycles. The van der Waals surface area contributed by atoms with Crippen molar-refractivity contribution in [3.8, 4) is 5.75 Å². The number of rotatable bonds is 7. The monoisotopic (exact) mass is 458 g/mol. The van der Waals surface area contributed by atoms with E-state index in [0.29, 0.717) is 11.8 Å². The molecule has 0 bridgehead atoms.